The molecule has 1 aliphatic heterocycles. The number of ether oxygens (including phenoxy) is 1. The third-order valence-electron chi connectivity index (χ3n) is 8.49. The molecule has 37 heavy (non-hydrogen) atoms. The van der Waals surface area contributed by atoms with Gasteiger partial charge in [-0.15, -0.1) is 0 Å². The number of carbonyl (C=O) groups is 3. The van der Waals surface area contributed by atoms with Crippen LogP contribution in [-0.2, 0) is 4.79 Å². The van der Waals surface area contributed by atoms with Crippen molar-refractivity contribution in [3.05, 3.63) is 48.3 Å². The van der Waals surface area contributed by atoms with E-state index in [9.17, 15) is 14.4 Å². The van der Waals surface area contributed by atoms with E-state index in [2.05, 4.69) is 20.6 Å². The van der Waals surface area contributed by atoms with Gasteiger partial charge in [-0.3, -0.25) is 14.6 Å². The molecule has 1 saturated heterocycles. The fourth-order valence-corrected chi connectivity index (χ4v) is 7.65. The summed E-state index contributed by atoms with van der Waals surface area (Å²) in [6.07, 6.45) is 7.99. The fraction of sp³-hybridized carbons (Fsp3) is 0.519. The number of pyridine rings is 2. The van der Waals surface area contributed by atoms with E-state index >= 15 is 0 Å². The van der Waals surface area contributed by atoms with E-state index in [1.807, 2.05) is 4.90 Å². The van der Waals surface area contributed by atoms with Gasteiger partial charge in [-0.1, -0.05) is 12.1 Å². The number of carbonyl (C=O) groups excluding carboxylic acids is 3. The predicted octanol–water partition coefficient (Wildman–Crippen LogP) is 2.54. The first-order valence-corrected chi connectivity index (χ1v) is 13.1. The first kappa shape index (κ1) is 23.7. The van der Waals surface area contributed by atoms with Gasteiger partial charge in [0.05, 0.1) is 0 Å². The molecule has 2 aromatic heterocycles. The second kappa shape index (κ2) is 9.00. The van der Waals surface area contributed by atoms with Gasteiger partial charge in [0.25, 0.3) is 5.91 Å². The molecule has 3 amide bonds. The Hall–Kier alpha value is -3.69. The van der Waals surface area contributed by atoms with Crippen molar-refractivity contribution in [2.45, 2.75) is 68.5 Å². The van der Waals surface area contributed by atoms with Crippen LogP contribution >= 0.6 is 0 Å². The van der Waals surface area contributed by atoms with Gasteiger partial charge < -0.3 is 26.0 Å². The number of nitrogens with zero attached hydrogens (tertiary/aromatic N) is 3. The molecule has 10 nitrogen and oxygen atoms in total. The van der Waals surface area contributed by atoms with E-state index < -0.39 is 17.7 Å². The molecule has 2 unspecified atom stereocenters. The number of primary amides is 1. The van der Waals surface area contributed by atoms with Crippen molar-refractivity contribution >= 4 is 23.7 Å². The summed E-state index contributed by atoms with van der Waals surface area (Å²) in [6.45, 7) is 0.675. The van der Waals surface area contributed by atoms with Crippen LogP contribution in [0.2, 0.25) is 0 Å². The van der Waals surface area contributed by atoms with E-state index in [1.165, 1.54) is 0 Å². The minimum Gasteiger partial charge on any atom is -0.391 e. The molecule has 7 rings (SSSR count). The molecule has 4 aliphatic carbocycles. The highest BCUT2D eigenvalue weighted by atomic mass is 16.6. The molecule has 4 saturated carbocycles. The quantitative estimate of drug-likeness (QED) is 0.549. The smallest absolute Gasteiger partial charge is 0.391 e. The van der Waals surface area contributed by atoms with E-state index in [0.29, 0.717) is 42.7 Å². The van der Waals surface area contributed by atoms with Crippen molar-refractivity contribution in [2.75, 3.05) is 11.4 Å². The summed E-state index contributed by atoms with van der Waals surface area (Å²) < 4.78 is 5.63. The second-order valence-electron chi connectivity index (χ2n) is 11.3. The van der Waals surface area contributed by atoms with Crippen molar-refractivity contribution < 1.29 is 19.1 Å². The van der Waals surface area contributed by atoms with E-state index in [4.69, 9.17) is 10.5 Å². The minimum atomic E-state index is -0.550. The predicted molar refractivity (Wildman–Crippen MR) is 135 cm³/mol. The average Bonchev–Trinajstić information content (AvgIpc) is 3.34. The zero-order chi connectivity index (χ0) is 25.6. The monoisotopic (exact) mass is 504 g/mol. The van der Waals surface area contributed by atoms with Gasteiger partial charge >= 0.3 is 6.09 Å². The van der Waals surface area contributed by atoms with Gasteiger partial charge in [0.1, 0.15) is 17.6 Å². The van der Waals surface area contributed by atoms with E-state index in [-0.39, 0.29) is 23.2 Å². The Morgan fingerprint density at radius 2 is 1.76 bits per heavy atom. The Labute approximate surface area is 215 Å². The third kappa shape index (κ3) is 4.60. The van der Waals surface area contributed by atoms with Gasteiger partial charge in [0.15, 0.2) is 0 Å². The SMILES string of the molecule is NC(=O)[C@@H]1CCCN1c1cccc(OC(=O)NC23CC4CC(C2)CC(NC(=O)c2ccccn2)(C4)C3)n1. The van der Waals surface area contributed by atoms with Gasteiger partial charge in [-0.25, -0.2) is 4.79 Å². The summed E-state index contributed by atoms with van der Waals surface area (Å²) in [5, 5.41) is 6.46. The number of rotatable bonds is 6. The highest BCUT2D eigenvalue weighted by Crippen LogP contribution is 2.57. The maximum atomic E-state index is 13.1. The maximum Gasteiger partial charge on any atom is 0.414 e. The number of aromatic nitrogens is 2. The molecule has 0 aromatic carbocycles. The van der Waals surface area contributed by atoms with Gasteiger partial charge in [0, 0.05) is 29.9 Å². The zero-order valence-electron chi connectivity index (χ0n) is 20.7. The van der Waals surface area contributed by atoms with Crippen LogP contribution in [0.1, 0.15) is 61.9 Å². The maximum absolute atomic E-state index is 13.1. The highest BCUT2D eigenvalue weighted by molar-refractivity contribution is 5.92. The van der Waals surface area contributed by atoms with Crippen LogP contribution in [-0.4, -0.2) is 51.5 Å². The molecule has 0 spiro atoms. The first-order chi connectivity index (χ1) is 17.8. The molecular formula is C27H32N6O4. The van der Waals surface area contributed by atoms with E-state index in [1.54, 1.807) is 42.6 Å². The number of hydrogen-bond acceptors (Lipinski definition) is 7. The molecule has 10 heteroatoms. The van der Waals surface area contributed by atoms with Crippen molar-refractivity contribution in [3.8, 4) is 5.88 Å². The van der Waals surface area contributed by atoms with Crippen LogP contribution in [0.4, 0.5) is 10.6 Å². The van der Waals surface area contributed by atoms with Crippen LogP contribution in [0.15, 0.2) is 42.6 Å². The van der Waals surface area contributed by atoms with E-state index in [0.717, 1.165) is 38.5 Å². The molecular weight excluding hydrogens is 472 g/mol. The third-order valence-corrected chi connectivity index (χ3v) is 8.49. The van der Waals surface area contributed by atoms with Crippen molar-refractivity contribution in [1.82, 2.24) is 20.6 Å². The lowest BCUT2D eigenvalue weighted by atomic mass is 9.50. The number of hydrogen-bond donors (Lipinski definition) is 3. The first-order valence-electron chi connectivity index (χ1n) is 13.1. The standard InChI is InChI=1S/C27H32N6O4/c28-23(34)20-6-4-10-33(20)21-7-3-8-22(30-21)37-25(36)32-27-14-17-11-18(15-27)13-26(12-17,16-27)31-24(35)19-5-1-2-9-29-19/h1-3,5,7-9,17-18,20H,4,6,10-16H2,(H2,28,34)(H,31,35)(H,32,36)/t17?,18?,20-,26?,27?/m0/s1. The van der Waals surface area contributed by atoms with Crippen molar-refractivity contribution in [2.24, 2.45) is 17.6 Å². The molecule has 194 valence electrons. The number of nitrogens with two attached hydrogens (primary N) is 1. The Balaban J connectivity index is 1.15. The summed E-state index contributed by atoms with van der Waals surface area (Å²) >= 11 is 0. The number of amides is 3. The van der Waals surface area contributed by atoms with Crippen LogP contribution < -0.4 is 26.0 Å². The molecule has 5 fully saturated rings. The summed E-state index contributed by atoms with van der Waals surface area (Å²) in [4.78, 5) is 48.4. The molecule has 2 aromatic rings. The van der Waals surface area contributed by atoms with Gasteiger partial charge in [0.2, 0.25) is 11.8 Å². The number of nitrogens with one attached hydrogen (secondary N) is 2. The van der Waals surface area contributed by atoms with Crippen molar-refractivity contribution in [3.63, 3.8) is 0 Å². The molecule has 4 N–H and O–H groups in total. The van der Waals surface area contributed by atoms with Gasteiger partial charge in [-0.05, 0) is 81.4 Å². The lowest BCUT2D eigenvalue weighted by Crippen LogP contribution is -2.70. The minimum absolute atomic E-state index is 0.169. The molecule has 0 radical (unpaired) electrons. The zero-order valence-corrected chi connectivity index (χ0v) is 20.7. The summed E-state index contributed by atoms with van der Waals surface area (Å²) in [6, 6.07) is 10.1. The molecule has 4 bridgehead atoms. The number of anilines is 1. The summed E-state index contributed by atoms with van der Waals surface area (Å²) in [7, 11) is 0. The summed E-state index contributed by atoms with van der Waals surface area (Å²) in [5.74, 6) is 1.07. The van der Waals surface area contributed by atoms with Gasteiger partial charge in [-0.2, -0.15) is 4.98 Å². The second-order valence-corrected chi connectivity index (χ2v) is 11.3. The Morgan fingerprint density at radius 1 is 1.00 bits per heavy atom. The molecule has 3 heterocycles. The van der Waals surface area contributed by atoms with Crippen LogP contribution in [0.3, 0.4) is 0 Å². The fourth-order valence-electron chi connectivity index (χ4n) is 7.65. The lowest BCUT2D eigenvalue weighted by molar-refractivity contribution is -0.119. The molecule has 5 aliphatic rings. The highest BCUT2D eigenvalue weighted by Gasteiger charge is 2.59. The Kier molecular flexibility index (Phi) is 5.77. The lowest BCUT2D eigenvalue weighted by Gasteiger charge is -2.61. The Morgan fingerprint density at radius 3 is 2.46 bits per heavy atom. The van der Waals surface area contributed by atoms with Crippen LogP contribution in [0.5, 0.6) is 5.88 Å². The topological polar surface area (TPSA) is 140 Å². The summed E-state index contributed by atoms with van der Waals surface area (Å²) in [5.41, 5.74) is 5.17. The largest absolute Gasteiger partial charge is 0.414 e. The molecule has 3 atom stereocenters. The Bertz CT molecular complexity index is 1210. The average molecular weight is 505 g/mol. The normalized spacial score (nSPS) is 31.7. The van der Waals surface area contributed by atoms with Crippen molar-refractivity contribution in [1.29, 1.82) is 0 Å². The van der Waals surface area contributed by atoms with Crippen LogP contribution in [0.25, 0.3) is 0 Å². The van der Waals surface area contributed by atoms with Crippen LogP contribution in [0, 0.1) is 11.8 Å².